The van der Waals surface area contributed by atoms with Crippen LogP contribution in [0.1, 0.15) is 62.0 Å². The zero-order valence-corrected chi connectivity index (χ0v) is 22.1. The van der Waals surface area contributed by atoms with Crippen molar-refractivity contribution in [3.63, 3.8) is 0 Å². The summed E-state index contributed by atoms with van der Waals surface area (Å²) in [5.41, 5.74) is 0.989. The van der Waals surface area contributed by atoms with Crippen LogP contribution in [0.4, 0.5) is 13.2 Å². The highest BCUT2D eigenvalue weighted by molar-refractivity contribution is 5.93. The Balaban J connectivity index is 1.73. The summed E-state index contributed by atoms with van der Waals surface area (Å²) in [5, 5.41) is 22.0. The van der Waals surface area contributed by atoms with Gasteiger partial charge in [0.15, 0.2) is 0 Å². The number of aliphatic hydroxyl groups is 2. The SMILES string of the molecule is CCc1cc2nc(C)nc(-c3cccc(C(F)(F)F)c3)c2cc1[C@]1(O)CC[C@H](C(=O)N(C)CC(C)O)CC1. The van der Waals surface area contributed by atoms with Crippen LogP contribution >= 0.6 is 0 Å². The molecule has 1 amide bonds. The van der Waals surface area contributed by atoms with Crippen LogP contribution in [0.25, 0.3) is 22.2 Å². The molecule has 0 saturated heterocycles. The molecule has 1 aromatic heterocycles. The van der Waals surface area contributed by atoms with Crippen LogP contribution < -0.4 is 0 Å². The monoisotopic (exact) mass is 529 g/mol. The number of halogens is 3. The maximum absolute atomic E-state index is 13.4. The van der Waals surface area contributed by atoms with E-state index in [1.807, 2.05) is 19.1 Å². The minimum atomic E-state index is -4.48. The third-order valence-electron chi connectivity index (χ3n) is 7.45. The number of nitrogens with zero attached hydrogens (tertiary/aromatic N) is 3. The van der Waals surface area contributed by atoms with Gasteiger partial charge in [0, 0.05) is 30.5 Å². The molecule has 0 radical (unpaired) electrons. The highest BCUT2D eigenvalue weighted by Gasteiger charge is 2.39. The van der Waals surface area contributed by atoms with Gasteiger partial charge >= 0.3 is 6.18 Å². The molecule has 0 bridgehead atoms. The van der Waals surface area contributed by atoms with Crippen molar-refractivity contribution < 1.29 is 28.2 Å². The molecule has 1 aliphatic rings. The van der Waals surface area contributed by atoms with Gasteiger partial charge in [-0.25, -0.2) is 9.97 Å². The first kappa shape index (κ1) is 28.0. The lowest BCUT2D eigenvalue weighted by Gasteiger charge is -2.38. The molecule has 1 saturated carbocycles. The van der Waals surface area contributed by atoms with Crippen LogP contribution in [0.2, 0.25) is 0 Å². The first-order valence-corrected chi connectivity index (χ1v) is 13.0. The highest BCUT2D eigenvalue weighted by atomic mass is 19.4. The number of hydrogen-bond donors (Lipinski definition) is 2. The number of carbonyl (C=O) groups excluding carboxylic acids is 1. The summed E-state index contributed by atoms with van der Waals surface area (Å²) in [4.78, 5) is 23.4. The Morgan fingerprint density at radius 1 is 1.18 bits per heavy atom. The van der Waals surface area contributed by atoms with Gasteiger partial charge in [0.05, 0.1) is 28.5 Å². The van der Waals surface area contributed by atoms with Gasteiger partial charge in [-0.05, 0) is 81.3 Å². The molecule has 38 heavy (non-hydrogen) atoms. The summed E-state index contributed by atoms with van der Waals surface area (Å²) in [7, 11) is 1.67. The Kier molecular flexibility index (Phi) is 7.81. The standard InChI is InChI=1S/C29H34F3N3O3/c1-5-19-14-25-23(26(34-18(3)33-25)21-7-6-8-22(13-21)29(30,31)32)15-24(19)28(38)11-9-20(10-12-28)27(37)35(4)16-17(2)36/h6-8,13-15,17,20,36,38H,5,9-12,16H2,1-4H3/t17?,20-,28-. The normalized spacial score (nSPS) is 20.9. The number of aliphatic hydroxyl groups excluding tert-OH is 1. The fraction of sp³-hybridized carbons (Fsp3) is 0.483. The molecule has 2 aromatic carbocycles. The van der Waals surface area contributed by atoms with E-state index in [4.69, 9.17) is 0 Å². The Morgan fingerprint density at radius 2 is 1.87 bits per heavy atom. The Bertz CT molecular complexity index is 1330. The molecular formula is C29H34F3N3O3. The molecular weight excluding hydrogens is 495 g/mol. The van der Waals surface area contributed by atoms with Gasteiger partial charge in [-0.1, -0.05) is 19.1 Å². The van der Waals surface area contributed by atoms with Crippen molar-refractivity contribution in [2.24, 2.45) is 5.92 Å². The second kappa shape index (κ2) is 10.6. The molecule has 1 unspecified atom stereocenters. The third-order valence-corrected chi connectivity index (χ3v) is 7.45. The quantitative estimate of drug-likeness (QED) is 0.446. The zero-order valence-electron chi connectivity index (χ0n) is 22.1. The number of amides is 1. The van der Waals surface area contributed by atoms with Crippen molar-refractivity contribution in [3.05, 3.63) is 58.9 Å². The first-order valence-electron chi connectivity index (χ1n) is 13.0. The molecule has 4 rings (SSSR count). The Morgan fingerprint density at radius 3 is 2.47 bits per heavy atom. The van der Waals surface area contributed by atoms with Gasteiger partial charge in [-0.3, -0.25) is 4.79 Å². The lowest BCUT2D eigenvalue weighted by molar-refractivity contribution is -0.139. The van der Waals surface area contributed by atoms with Crippen LogP contribution in [0.15, 0.2) is 36.4 Å². The van der Waals surface area contributed by atoms with Gasteiger partial charge in [0.2, 0.25) is 5.91 Å². The summed E-state index contributed by atoms with van der Waals surface area (Å²) < 4.78 is 40.3. The molecule has 0 aliphatic heterocycles. The van der Waals surface area contributed by atoms with E-state index in [0.29, 0.717) is 65.7 Å². The number of fused-ring (bicyclic) bond motifs is 1. The molecule has 3 aromatic rings. The lowest BCUT2D eigenvalue weighted by atomic mass is 9.73. The second-order valence-electron chi connectivity index (χ2n) is 10.5. The fourth-order valence-corrected chi connectivity index (χ4v) is 5.53. The molecule has 2 N–H and O–H groups in total. The molecule has 1 atom stereocenters. The molecule has 1 heterocycles. The molecule has 1 fully saturated rings. The van der Waals surface area contributed by atoms with E-state index in [1.54, 1.807) is 27.0 Å². The second-order valence-corrected chi connectivity index (χ2v) is 10.5. The van der Waals surface area contributed by atoms with Crippen LogP contribution in [-0.2, 0) is 23.0 Å². The van der Waals surface area contributed by atoms with Crippen molar-refractivity contribution in [1.82, 2.24) is 14.9 Å². The number of benzene rings is 2. The average Bonchev–Trinajstić information content (AvgIpc) is 2.86. The maximum atomic E-state index is 13.4. The fourth-order valence-electron chi connectivity index (χ4n) is 5.53. The van der Waals surface area contributed by atoms with Crippen LogP contribution in [-0.4, -0.2) is 50.7 Å². The summed E-state index contributed by atoms with van der Waals surface area (Å²) in [6.07, 6.45) is -2.74. The highest BCUT2D eigenvalue weighted by Crippen LogP contribution is 2.43. The van der Waals surface area contributed by atoms with E-state index < -0.39 is 23.4 Å². The van der Waals surface area contributed by atoms with E-state index in [-0.39, 0.29) is 18.4 Å². The van der Waals surface area contributed by atoms with Gasteiger partial charge in [-0.2, -0.15) is 13.2 Å². The largest absolute Gasteiger partial charge is 0.416 e. The van der Waals surface area contributed by atoms with E-state index in [2.05, 4.69) is 9.97 Å². The number of hydrogen-bond acceptors (Lipinski definition) is 5. The molecule has 204 valence electrons. The van der Waals surface area contributed by atoms with Crippen LogP contribution in [0.5, 0.6) is 0 Å². The third kappa shape index (κ3) is 5.68. The maximum Gasteiger partial charge on any atom is 0.416 e. The number of likely N-dealkylation sites (N-methyl/N-ethyl adjacent to an activating group) is 1. The summed E-state index contributed by atoms with van der Waals surface area (Å²) in [6, 6.07) is 8.79. The predicted octanol–water partition coefficient (Wildman–Crippen LogP) is 5.40. The first-order chi connectivity index (χ1) is 17.8. The van der Waals surface area contributed by atoms with E-state index in [1.165, 1.54) is 11.0 Å². The molecule has 6 nitrogen and oxygen atoms in total. The number of carbonyl (C=O) groups is 1. The summed E-state index contributed by atoms with van der Waals surface area (Å²) in [6.45, 7) is 5.57. The Labute approximate surface area is 220 Å². The van der Waals surface area contributed by atoms with Gasteiger partial charge < -0.3 is 15.1 Å². The van der Waals surface area contributed by atoms with E-state index in [0.717, 1.165) is 17.7 Å². The van der Waals surface area contributed by atoms with Gasteiger partial charge in [0.25, 0.3) is 0 Å². The van der Waals surface area contributed by atoms with Crippen molar-refractivity contribution in [1.29, 1.82) is 0 Å². The minimum Gasteiger partial charge on any atom is -0.392 e. The lowest BCUT2D eigenvalue weighted by Crippen LogP contribution is -2.41. The summed E-state index contributed by atoms with van der Waals surface area (Å²) >= 11 is 0. The van der Waals surface area contributed by atoms with Crippen LogP contribution in [0.3, 0.4) is 0 Å². The predicted molar refractivity (Wildman–Crippen MR) is 139 cm³/mol. The van der Waals surface area contributed by atoms with Gasteiger partial charge in [0.1, 0.15) is 5.82 Å². The molecule has 9 heteroatoms. The Hall–Kier alpha value is -3.04. The van der Waals surface area contributed by atoms with E-state index >= 15 is 0 Å². The number of aromatic nitrogens is 2. The van der Waals surface area contributed by atoms with Gasteiger partial charge in [-0.15, -0.1) is 0 Å². The van der Waals surface area contributed by atoms with Crippen molar-refractivity contribution in [2.75, 3.05) is 13.6 Å². The number of aryl methyl sites for hydroxylation is 2. The molecule has 1 aliphatic carbocycles. The van der Waals surface area contributed by atoms with Crippen molar-refractivity contribution >= 4 is 16.8 Å². The van der Waals surface area contributed by atoms with Crippen LogP contribution in [0, 0.1) is 12.8 Å². The van der Waals surface area contributed by atoms with E-state index in [9.17, 15) is 28.2 Å². The smallest absolute Gasteiger partial charge is 0.392 e. The zero-order chi connectivity index (χ0) is 27.8. The molecule has 0 spiro atoms. The minimum absolute atomic E-state index is 0.0436. The summed E-state index contributed by atoms with van der Waals surface area (Å²) in [5.74, 6) is 0.160. The number of rotatable bonds is 6. The van der Waals surface area contributed by atoms with Crippen molar-refractivity contribution in [3.8, 4) is 11.3 Å². The topological polar surface area (TPSA) is 86.6 Å². The number of alkyl halides is 3. The van der Waals surface area contributed by atoms with Crippen molar-refractivity contribution in [2.45, 2.75) is 70.8 Å². The average molecular weight is 530 g/mol.